The van der Waals surface area contributed by atoms with Crippen LogP contribution in [0.4, 0.5) is 22.0 Å². The normalized spacial score (nSPS) is 20.3. The van der Waals surface area contributed by atoms with Crippen molar-refractivity contribution in [3.05, 3.63) is 35.4 Å². The topological polar surface area (TPSA) is 38.3 Å². The lowest BCUT2D eigenvalue weighted by Crippen LogP contribution is -2.41. The molecule has 1 aliphatic rings. The van der Waals surface area contributed by atoms with Crippen molar-refractivity contribution in [1.82, 2.24) is 5.32 Å². The molecule has 1 amide bonds. The number of hydrogen-bond donors (Lipinski definition) is 1. The van der Waals surface area contributed by atoms with Crippen molar-refractivity contribution in [2.24, 2.45) is 5.92 Å². The fourth-order valence-corrected chi connectivity index (χ4v) is 2.08. The Balaban J connectivity index is 2.26. The molecule has 2 rings (SSSR count). The van der Waals surface area contributed by atoms with E-state index in [1.165, 1.54) is 0 Å². The third-order valence-corrected chi connectivity index (χ3v) is 3.21. The number of carbonyl (C=O) groups is 1. The minimum atomic E-state index is -4.94. The summed E-state index contributed by atoms with van der Waals surface area (Å²) in [6.45, 7) is 0.297. The number of nitrogens with one attached hydrogen (secondary N) is 1. The van der Waals surface area contributed by atoms with Crippen molar-refractivity contribution >= 4 is 5.91 Å². The van der Waals surface area contributed by atoms with Gasteiger partial charge in [-0.1, -0.05) is 12.1 Å². The van der Waals surface area contributed by atoms with Crippen LogP contribution >= 0.6 is 0 Å². The predicted octanol–water partition coefficient (Wildman–Crippen LogP) is 2.72. The van der Waals surface area contributed by atoms with Crippen LogP contribution in [-0.2, 0) is 9.53 Å². The van der Waals surface area contributed by atoms with Gasteiger partial charge in [-0.25, -0.2) is 8.78 Å². The second-order valence-corrected chi connectivity index (χ2v) is 4.69. The summed E-state index contributed by atoms with van der Waals surface area (Å²) in [6, 6.07) is -0.139. The fraction of sp³-hybridized carbons (Fsp3) is 0.462. The quantitative estimate of drug-likeness (QED) is 0.872. The van der Waals surface area contributed by atoms with Crippen molar-refractivity contribution in [2.75, 3.05) is 13.2 Å². The summed E-state index contributed by atoms with van der Waals surface area (Å²) in [7, 11) is 0. The molecular formula is C13H12F5NO2. The largest absolute Gasteiger partial charge is 0.412 e. The molecule has 0 aliphatic carbocycles. The highest BCUT2D eigenvalue weighted by Gasteiger charge is 2.44. The molecule has 1 aromatic rings. The first-order valence-corrected chi connectivity index (χ1v) is 6.19. The van der Waals surface area contributed by atoms with Gasteiger partial charge < -0.3 is 10.1 Å². The van der Waals surface area contributed by atoms with E-state index in [0.29, 0.717) is 12.5 Å². The average Bonchev–Trinajstić information content (AvgIpc) is 2.92. The van der Waals surface area contributed by atoms with Gasteiger partial charge in [-0.2, -0.15) is 13.2 Å². The lowest BCUT2D eigenvalue weighted by atomic mass is 10.0. The average molecular weight is 309 g/mol. The molecule has 1 fully saturated rings. The van der Waals surface area contributed by atoms with Crippen molar-refractivity contribution < 1.29 is 31.5 Å². The maximum absolute atomic E-state index is 13.6. The van der Waals surface area contributed by atoms with E-state index < -0.39 is 41.2 Å². The summed E-state index contributed by atoms with van der Waals surface area (Å²) in [5.41, 5.74) is -0.949. The van der Waals surface area contributed by atoms with E-state index in [4.69, 9.17) is 4.74 Å². The number of benzene rings is 1. The zero-order chi connectivity index (χ0) is 15.6. The number of carbonyl (C=O) groups excluding carboxylic acids is 1. The van der Waals surface area contributed by atoms with Gasteiger partial charge in [0.1, 0.15) is 0 Å². The number of rotatable bonds is 3. The molecule has 0 spiro atoms. The monoisotopic (exact) mass is 309 g/mol. The molecule has 2 atom stereocenters. The molecule has 0 aromatic heterocycles. The van der Waals surface area contributed by atoms with Crippen LogP contribution in [0.1, 0.15) is 18.0 Å². The first-order chi connectivity index (χ1) is 9.80. The number of hydrogen-bond acceptors (Lipinski definition) is 2. The van der Waals surface area contributed by atoms with Crippen LogP contribution < -0.4 is 5.32 Å². The molecule has 1 saturated heterocycles. The summed E-state index contributed by atoms with van der Waals surface area (Å²) in [5.74, 6) is -4.63. The molecule has 0 radical (unpaired) electrons. The molecular weight excluding hydrogens is 297 g/mol. The zero-order valence-electron chi connectivity index (χ0n) is 10.7. The van der Waals surface area contributed by atoms with Crippen molar-refractivity contribution in [2.45, 2.75) is 18.6 Å². The molecule has 8 heteroatoms. The Hall–Kier alpha value is -1.70. The second-order valence-electron chi connectivity index (χ2n) is 4.69. The van der Waals surface area contributed by atoms with E-state index >= 15 is 0 Å². The molecule has 116 valence electrons. The van der Waals surface area contributed by atoms with E-state index in [2.05, 4.69) is 0 Å². The highest BCUT2D eigenvalue weighted by atomic mass is 19.4. The third kappa shape index (κ3) is 3.49. The van der Waals surface area contributed by atoms with Crippen LogP contribution in [0.5, 0.6) is 0 Å². The summed E-state index contributed by atoms with van der Waals surface area (Å²) >= 11 is 0. The summed E-state index contributed by atoms with van der Waals surface area (Å²) in [5, 5.41) is 1.73. The Morgan fingerprint density at radius 3 is 2.62 bits per heavy atom. The van der Waals surface area contributed by atoms with Gasteiger partial charge >= 0.3 is 6.18 Å². The first kappa shape index (κ1) is 15.7. The van der Waals surface area contributed by atoms with Crippen LogP contribution in [0.2, 0.25) is 0 Å². The highest BCUT2D eigenvalue weighted by molar-refractivity contribution is 5.79. The smallest absolute Gasteiger partial charge is 0.381 e. The predicted molar refractivity (Wildman–Crippen MR) is 62.2 cm³/mol. The molecule has 1 aromatic carbocycles. The van der Waals surface area contributed by atoms with Crippen LogP contribution in [0.3, 0.4) is 0 Å². The van der Waals surface area contributed by atoms with Gasteiger partial charge in [0.05, 0.1) is 12.5 Å². The SMILES string of the molecule is O=C(N[C@@H](c1cccc(F)c1F)C(F)(F)F)[C@H]1CCOC1. The Kier molecular flexibility index (Phi) is 4.46. The summed E-state index contributed by atoms with van der Waals surface area (Å²) < 4.78 is 70.7. The summed E-state index contributed by atoms with van der Waals surface area (Å²) in [4.78, 5) is 11.8. The third-order valence-electron chi connectivity index (χ3n) is 3.21. The zero-order valence-corrected chi connectivity index (χ0v) is 10.7. The Bertz CT molecular complexity index is 526. The van der Waals surface area contributed by atoms with Crippen LogP contribution in [0, 0.1) is 17.6 Å². The van der Waals surface area contributed by atoms with E-state index in [0.717, 1.165) is 12.1 Å². The lowest BCUT2D eigenvalue weighted by Gasteiger charge is -2.23. The number of amides is 1. The fourth-order valence-electron chi connectivity index (χ4n) is 2.08. The van der Waals surface area contributed by atoms with Gasteiger partial charge in [0, 0.05) is 12.2 Å². The Morgan fingerprint density at radius 2 is 2.05 bits per heavy atom. The molecule has 0 bridgehead atoms. The number of alkyl halides is 3. The van der Waals surface area contributed by atoms with E-state index in [1.807, 2.05) is 0 Å². The van der Waals surface area contributed by atoms with Crippen LogP contribution in [0.15, 0.2) is 18.2 Å². The lowest BCUT2D eigenvalue weighted by molar-refractivity contribution is -0.165. The van der Waals surface area contributed by atoms with Crippen LogP contribution in [0.25, 0.3) is 0 Å². The molecule has 1 heterocycles. The minimum Gasteiger partial charge on any atom is -0.381 e. The van der Waals surface area contributed by atoms with E-state index in [9.17, 15) is 26.7 Å². The maximum atomic E-state index is 13.6. The van der Waals surface area contributed by atoms with Gasteiger partial charge in [-0.15, -0.1) is 0 Å². The molecule has 1 N–H and O–H groups in total. The van der Waals surface area contributed by atoms with E-state index in [1.54, 1.807) is 5.32 Å². The molecule has 0 unspecified atom stereocenters. The van der Waals surface area contributed by atoms with Gasteiger partial charge in [0.25, 0.3) is 0 Å². The first-order valence-electron chi connectivity index (χ1n) is 6.19. The van der Waals surface area contributed by atoms with Gasteiger partial charge in [-0.3, -0.25) is 4.79 Å². The number of halogens is 5. The Morgan fingerprint density at radius 1 is 1.33 bits per heavy atom. The van der Waals surface area contributed by atoms with Gasteiger partial charge in [-0.05, 0) is 12.5 Å². The van der Waals surface area contributed by atoms with Gasteiger partial charge in [0.2, 0.25) is 5.91 Å². The maximum Gasteiger partial charge on any atom is 0.412 e. The summed E-state index contributed by atoms with van der Waals surface area (Å²) in [6.07, 6.45) is -4.65. The second kappa shape index (κ2) is 5.97. The standard InChI is InChI=1S/C13H12F5NO2/c14-9-3-1-2-8(10(9)15)11(13(16,17)18)19-12(20)7-4-5-21-6-7/h1-3,7,11H,4-6H2,(H,19,20)/t7-,11-/m0/s1. The van der Waals surface area contributed by atoms with Crippen molar-refractivity contribution in [3.8, 4) is 0 Å². The highest BCUT2D eigenvalue weighted by Crippen LogP contribution is 2.35. The molecule has 21 heavy (non-hydrogen) atoms. The van der Waals surface area contributed by atoms with Crippen LogP contribution in [-0.4, -0.2) is 25.3 Å². The van der Waals surface area contributed by atoms with Gasteiger partial charge in [0.15, 0.2) is 17.7 Å². The van der Waals surface area contributed by atoms with E-state index in [-0.39, 0.29) is 13.2 Å². The van der Waals surface area contributed by atoms with Crippen molar-refractivity contribution in [3.63, 3.8) is 0 Å². The Labute approximate surface area is 117 Å². The minimum absolute atomic E-state index is 0.0159. The van der Waals surface area contributed by atoms with Crippen molar-refractivity contribution in [1.29, 1.82) is 0 Å². The number of ether oxygens (including phenoxy) is 1. The molecule has 0 saturated carbocycles. The molecule has 3 nitrogen and oxygen atoms in total. The molecule has 1 aliphatic heterocycles.